The van der Waals surface area contributed by atoms with E-state index in [0.29, 0.717) is 0 Å². The van der Waals surface area contributed by atoms with Crippen LogP contribution < -0.4 is 5.32 Å². The molecule has 17 heavy (non-hydrogen) atoms. The van der Waals surface area contributed by atoms with Crippen LogP contribution in [-0.2, 0) is 4.74 Å². The number of hydrogen-bond acceptors (Lipinski definition) is 3. The van der Waals surface area contributed by atoms with Crippen molar-refractivity contribution < 1.29 is 4.74 Å². The van der Waals surface area contributed by atoms with E-state index in [-0.39, 0.29) is 17.8 Å². The summed E-state index contributed by atoms with van der Waals surface area (Å²) in [6.07, 6.45) is 4.13. The summed E-state index contributed by atoms with van der Waals surface area (Å²) in [6.45, 7) is 9.07. The van der Waals surface area contributed by atoms with Crippen molar-refractivity contribution in [2.24, 2.45) is 5.41 Å². The molecule has 2 heterocycles. The molecule has 0 aliphatic carbocycles. The van der Waals surface area contributed by atoms with Gasteiger partial charge in [0.05, 0.1) is 6.61 Å². The second-order valence-corrected chi connectivity index (χ2v) is 6.28. The summed E-state index contributed by atoms with van der Waals surface area (Å²) in [5, 5.41) is 3.73. The third-order valence-electron chi connectivity index (χ3n) is 3.72. The molecule has 2 saturated heterocycles. The van der Waals surface area contributed by atoms with Crippen LogP contribution in [0.4, 0.5) is 0 Å². The Morgan fingerprint density at radius 3 is 2.35 bits per heavy atom. The number of piperidine rings is 1. The lowest BCUT2D eigenvalue weighted by molar-refractivity contribution is 0.0423. The first kappa shape index (κ1) is 15.2. The fourth-order valence-electron chi connectivity index (χ4n) is 3.27. The minimum atomic E-state index is 0. The zero-order valence-electron chi connectivity index (χ0n) is 11.4. The Labute approximate surface area is 112 Å². The molecule has 2 rings (SSSR count). The third-order valence-corrected chi connectivity index (χ3v) is 3.72. The van der Waals surface area contributed by atoms with Gasteiger partial charge in [-0.2, -0.15) is 0 Å². The Bertz CT molecular complexity index is 223. The molecule has 4 heteroatoms. The largest absolute Gasteiger partial charge is 0.384 e. The summed E-state index contributed by atoms with van der Waals surface area (Å²) in [4.78, 5) is 2.63. The predicted molar refractivity (Wildman–Crippen MR) is 73.9 cm³/mol. The van der Waals surface area contributed by atoms with Crippen molar-refractivity contribution in [1.82, 2.24) is 10.2 Å². The molecule has 0 saturated carbocycles. The van der Waals surface area contributed by atoms with Gasteiger partial charge in [0.25, 0.3) is 0 Å². The Morgan fingerprint density at radius 2 is 1.82 bits per heavy atom. The number of ether oxygens (including phenoxy) is 1. The van der Waals surface area contributed by atoms with E-state index in [4.69, 9.17) is 4.74 Å². The first-order valence-corrected chi connectivity index (χ1v) is 6.56. The van der Waals surface area contributed by atoms with Gasteiger partial charge in [0, 0.05) is 44.2 Å². The number of hydrogen-bond donors (Lipinski definition) is 1. The molecule has 0 spiro atoms. The molecular formula is C13H27ClN2O. The van der Waals surface area contributed by atoms with Crippen molar-refractivity contribution >= 4 is 12.4 Å². The SMILES string of the molecule is COCC(C)(C)CN1CC2CCCC(C1)N2.Cl. The molecule has 1 N–H and O–H groups in total. The van der Waals surface area contributed by atoms with Gasteiger partial charge in [-0.1, -0.05) is 20.3 Å². The first-order chi connectivity index (χ1) is 7.59. The average molecular weight is 263 g/mol. The third kappa shape index (κ3) is 4.40. The number of fused-ring (bicyclic) bond motifs is 2. The lowest BCUT2D eigenvalue weighted by atomic mass is 9.90. The number of rotatable bonds is 4. The maximum absolute atomic E-state index is 5.30. The van der Waals surface area contributed by atoms with Gasteiger partial charge < -0.3 is 10.1 Å². The van der Waals surface area contributed by atoms with Crippen molar-refractivity contribution in [2.75, 3.05) is 33.4 Å². The van der Waals surface area contributed by atoms with Crippen molar-refractivity contribution in [2.45, 2.75) is 45.2 Å². The van der Waals surface area contributed by atoms with E-state index in [1.165, 1.54) is 32.4 Å². The topological polar surface area (TPSA) is 24.5 Å². The Morgan fingerprint density at radius 1 is 1.24 bits per heavy atom. The van der Waals surface area contributed by atoms with Crippen LogP contribution >= 0.6 is 12.4 Å². The highest BCUT2D eigenvalue weighted by molar-refractivity contribution is 5.85. The van der Waals surface area contributed by atoms with Crippen LogP contribution in [-0.4, -0.2) is 50.3 Å². The molecule has 102 valence electrons. The van der Waals surface area contributed by atoms with Crippen LogP contribution in [0.15, 0.2) is 0 Å². The highest BCUT2D eigenvalue weighted by Gasteiger charge is 2.32. The maximum atomic E-state index is 5.30. The number of halogens is 1. The normalized spacial score (nSPS) is 29.8. The standard InChI is InChI=1S/C13H26N2O.ClH/c1-13(2,10-16-3)9-15-7-11-5-4-6-12(8-15)14-11;/h11-12,14H,4-10H2,1-3H3;1H. The summed E-state index contributed by atoms with van der Waals surface area (Å²) in [5.74, 6) is 0. The van der Waals surface area contributed by atoms with Crippen LogP contribution in [0.5, 0.6) is 0 Å². The summed E-state index contributed by atoms with van der Waals surface area (Å²) in [7, 11) is 1.80. The molecule has 2 aliphatic rings. The van der Waals surface area contributed by atoms with Crippen LogP contribution in [0.3, 0.4) is 0 Å². The molecule has 0 aromatic rings. The van der Waals surface area contributed by atoms with Gasteiger partial charge in [-0.3, -0.25) is 4.90 Å². The molecule has 0 aromatic carbocycles. The molecule has 2 bridgehead atoms. The van der Waals surface area contributed by atoms with E-state index >= 15 is 0 Å². The molecule has 2 aliphatic heterocycles. The van der Waals surface area contributed by atoms with Gasteiger partial charge in [0.1, 0.15) is 0 Å². The molecule has 0 amide bonds. The van der Waals surface area contributed by atoms with E-state index in [0.717, 1.165) is 25.2 Å². The summed E-state index contributed by atoms with van der Waals surface area (Å²) >= 11 is 0. The average Bonchev–Trinajstić information content (AvgIpc) is 2.15. The highest BCUT2D eigenvalue weighted by Crippen LogP contribution is 2.23. The molecule has 0 radical (unpaired) electrons. The van der Waals surface area contributed by atoms with Crippen LogP contribution in [0, 0.1) is 5.41 Å². The summed E-state index contributed by atoms with van der Waals surface area (Å²) in [6, 6.07) is 1.48. The Kier molecular flexibility index (Phi) is 5.71. The van der Waals surface area contributed by atoms with Gasteiger partial charge in [-0.05, 0) is 12.8 Å². The van der Waals surface area contributed by atoms with Gasteiger partial charge >= 0.3 is 0 Å². The van der Waals surface area contributed by atoms with Gasteiger partial charge in [-0.25, -0.2) is 0 Å². The predicted octanol–water partition coefficient (Wildman–Crippen LogP) is 1.91. The number of piperazine rings is 1. The van der Waals surface area contributed by atoms with Gasteiger partial charge in [-0.15, -0.1) is 12.4 Å². The van der Waals surface area contributed by atoms with Crippen LogP contribution in [0.1, 0.15) is 33.1 Å². The molecule has 2 atom stereocenters. The number of nitrogens with one attached hydrogen (secondary N) is 1. The maximum Gasteiger partial charge on any atom is 0.0525 e. The summed E-state index contributed by atoms with van der Waals surface area (Å²) in [5.41, 5.74) is 0.278. The lowest BCUT2D eigenvalue weighted by Crippen LogP contribution is -2.60. The summed E-state index contributed by atoms with van der Waals surface area (Å²) < 4.78 is 5.30. The monoisotopic (exact) mass is 262 g/mol. The van der Waals surface area contributed by atoms with E-state index in [2.05, 4.69) is 24.1 Å². The molecule has 2 unspecified atom stereocenters. The van der Waals surface area contributed by atoms with E-state index in [9.17, 15) is 0 Å². The zero-order valence-corrected chi connectivity index (χ0v) is 12.2. The first-order valence-electron chi connectivity index (χ1n) is 6.56. The van der Waals surface area contributed by atoms with Crippen molar-refractivity contribution in [3.8, 4) is 0 Å². The quantitative estimate of drug-likeness (QED) is 0.838. The van der Waals surface area contributed by atoms with Crippen molar-refractivity contribution in [1.29, 1.82) is 0 Å². The molecule has 0 aromatic heterocycles. The van der Waals surface area contributed by atoms with Crippen LogP contribution in [0.25, 0.3) is 0 Å². The smallest absolute Gasteiger partial charge is 0.0525 e. The number of likely N-dealkylation sites (tertiary alicyclic amines) is 1. The fraction of sp³-hybridized carbons (Fsp3) is 1.00. The van der Waals surface area contributed by atoms with Crippen molar-refractivity contribution in [3.05, 3.63) is 0 Å². The van der Waals surface area contributed by atoms with Crippen LogP contribution in [0.2, 0.25) is 0 Å². The fourth-order valence-corrected chi connectivity index (χ4v) is 3.27. The second kappa shape index (κ2) is 6.37. The number of methoxy groups -OCH3 is 1. The highest BCUT2D eigenvalue weighted by atomic mass is 35.5. The molecule has 3 nitrogen and oxygen atoms in total. The number of nitrogens with zero attached hydrogens (tertiary/aromatic N) is 1. The zero-order chi connectivity index (χ0) is 11.6. The molecular weight excluding hydrogens is 236 g/mol. The van der Waals surface area contributed by atoms with E-state index in [1.807, 2.05) is 0 Å². The van der Waals surface area contributed by atoms with E-state index < -0.39 is 0 Å². The lowest BCUT2D eigenvalue weighted by Gasteiger charge is -2.44. The Hall–Kier alpha value is 0.170. The minimum absolute atomic E-state index is 0. The van der Waals surface area contributed by atoms with E-state index in [1.54, 1.807) is 7.11 Å². The Balaban J connectivity index is 0.00000144. The molecule has 2 fully saturated rings. The van der Waals surface area contributed by atoms with Crippen molar-refractivity contribution in [3.63, 3.8) is 0 Å². The van der Waals surface area contributed by atoms with Gasteiger partial charge in [0.2, 0.25) is 0 Å². The minimum Gasteiger partial charge on any atom is -0.384 e. The van der Waals surface area contributed by atoms with Gasteiger partial charge in [0.15, 0.2) is 0 Å². The second-order valence-electron chi connectivity index (χ2n) is 6.28.